The second-order valence-corrected chi connectivity index (χ2v) is 8.84. The number of non-ortho nitro benzene ring substituents is 2. The van der Waals surface area contributed by atoms with Crippen molar-refractivity contribution < 1.29 is 19.3 Å². The van der Waals surface area contributed by atoms with Crippen molar-refractivity contribution in [1.82, 2.24) is 0 Å². The van der Waals surface area contributed by atoms with E-state index in [0.717, 1.165) is 24.0 Å². The van der Waals surface area contributed by atoms with Gasteiger partial charge in [0.1, 0.15) is 23.0 Å². The van der Waals surface area contributed by atoms with Crippen molar-refractivity contribution in [1.29, 1.82) is 0 Å². The van der Waals surface area contributed by atoms with E-state index in [4.69, 9.17) is 9.47 Å². The zero-order chi connectivity index (χ0) is 26.4. The predicted molar refractivity (Wildman–Crippen MR) is 141 cm³/mol. The number of ether oxygens (including phenoxy) is 2. The van der Waals surface area contributed by atoms with Crippen molar-refractivity contribution in [3.8, 4) is 23.0 Å². The van der Waals surface area contributed by atoms with E-state index in [-0.39, 0.29) is 16.8 Å². The molecule has 0 radical (unpaired) electrons. The van der Waals surface area contributed by atoms with E-state index >= 15 is 0 Å². The Balaban J connectivity index is 1.49. The third kappa shape index (κ3) is 5.92. The number of nitrogens with zero attached hydrogens (tertiary/aromatic N) is 2. The van der Waals surface area contributed by atoms with E-state index in [9.17, 15) is 20.2 Å². The second kappa shape index (κ2) is 10.9. The summed E-state index contributed by atoms with van der Waals surface area (Å²) in [6, 6.07) is 27.7. The summed E-state index contributed by atoms with van der Waals surface area (Å²) >= 11 is 0. The molecule has 37 heavy (non-hydrogen) atoms. The molecule has 0 aromatic heterocycles. The van der Waals surface area contributed by atoms with Gasteiger partial charge in [-0.15, -0.1) is 0 Å². The van der Waals surface area contributed by atoms with Crippen LogP contribution in [0.2, 0.25) is 0 Å². The summed E-state index contributed by atoms with van der Waals surface area (Å²) in [5.74, 6) is 2.34. The van der Waals surface area contributed by atoms with E-state index in [0.29, 0.717) is 23.0 Å². The van der Waals surface area contributed by atoms with Crippen molar-refractivity contribution in [2.45, 2.75) is 32.1 Å². The van der Waals surface area contributed by atoms with Crippen LogP contribution in [0.5, 0.6) is 23.0 Å². The molecule has 4 aromatic rings. The first-order chi connectivity index (χ1) is 17.8. The molecule has 8 heteroatoms. The average molecular weight is 499 g/mol. The fraction of sp³-hybridized carbons (Fsp3) is 0.172. The summed E-state index contributed by atoms with van der Waals surface area (Å²) < 4.78 is 11.7. The fourth-order valence-electron chi connectivity index (χ4n) is 4.28. The van der Waals surface area contributed by atoms with Crippen LogP contribution in [0.25, 0.3) is 0 Å². The molecule has 4 rings (SSSR count). The van der Waals surface area contributed by atoms with Crippen molar-refractivity contribution >= 4 is 11.4 Å². The van der Waals surface area contributed by atoms with Gasteiger partial charge in [-0.2, -0.15) is 0 Å². The van der Waals surface area contributed by atoms with Gasteiger partial charge in [-0.1, -0.05) is 44.5 Å². The molecule has 0 atom stereocenters. The van der Waals surface area contributed by atoms with Crippen molar-refractivity contribution in [2.75, 3.05) is 0 Å². The van der Waals surface area contributed by atoms with E-state index in [1.807, 2.05) is 48.5 Å². The highest BCUT2D eigenvalue weighted by atomic mass is 16.6. The fourth-order valence-corrected chi connectivity index (χ4v) is 4.28. The Bertz CT molecular complexity index is 1260. The van der Waals surface area contributed by atoms with E-state index in [2.05, 4.69) is 13.8 Å². The zero-order valence-corrected chi connectivity index (χ0v) is 20.5. The molecular formula is C29H26N2O6. The van der Waals surface area contributed by atoms with Gasteiger partial charge in [0, 0.05) is 29.7 Å². The number of hydrogen-bond donors (Lipinski definition) is 0. The molecule has 188 valence electrons. The molecule has 0 aliphatic rings. The maximum atomic E-state index is 10.8. The molecule has 4 aromatic carbocycles. The maximum absolute atomic E-state index is 10.8. The van der Waals surface area contributed by atoms with Gasteiger partial charge in [0.25, 0.3) is 11.4 Å². The van der Waals surface area contributed by atoms with Gasteiger partial charge >= 0.3 is 0 Å². The monoisotopic (exact) mass is 498 g/mol. The smallest absolute Gasteiger partial charge is 0.269 e. The largest absolute Gasteiger partial charge is 0.457 e. The third-order valence-electron chi connectivity index (χ3n) is 6.30. The van der Waals surface area contributed by atoms with Crippen LogP contribution in [-0.4, -0.2) is 9.85 Å². The number of benzene rings is 4. The normalized spacial score (nSPS) is 11.1. The molecule has 0 aliphatic carbocycles. The predicted octanol–water partition coefficient (Wildman–Crippen LogP) is 8.19. The number of nitro groups is 2. The van der Waals surface area contributed by atoms with Crippen LogP contribution in [0.15, 0.2) is 97.1 Å². The maximum Gasteiger partial charge on any atom is 0.269 e. The second-order valence-electron chi connectivity index (χ2n) is 8.84. The van der Waals surface area contributed by atoms with Crippen molar-refractivity contribution in [3.05, 3.63) is 128 Å². The third-order valence-corrected chi connectivity index (χ3v) is 6.30. The molecule has 0 spiro atoms. The number of hydrogen-bond acceptors (Lipinski definition) is 6. The summed E-state index contributed by atoms with van der Waals surface area (Å²) in [6.45, 7) is 4.35. The minimum absolute atomic E-state index is 0.0159. The minimum atomic E-state index is -0.443. The summed E-state index contributed by atoms with van der Waals surface area (Å²) in [5.41, 5.74) is 2.06. The highest BCUT2D eigenvalue weighted by Gasteiger charge is 2.28. The molecule has 0 saturated heterocycles. The molecule has 0 unspecified atom stereocenters. The van der Waals surface area contributed by atoms with Gasteiger partial charge in [0.15, 0.2) is 0 Å². The topological polar surface area (TPSA) is 105 Å². The Morgan fingerprint density at radius 2 is 0.892 bits per heavy atom. The van der Waals surface area contributed by atoms with Crippen LogP contribution >= 0.6 is 0 Å². The SMILES string of the molecule is CCCC(C)(c1ccc(Oc2ccc([N+](=O)[O-])cc2)cc1)c1ccc(Oc2ccc([N+](=O)[O-])cc2)cc1. The summed E-state index contributed by atoms with van der Waals surface area (Å²) in [7, 11) is 0. The lowest BCUT2D eigenvalue weighted by atomic mass is 9.73. The highest BCUT2D eigenvalue weighted by molar-refractivity contribution is 5.45. The number of rotatable bonds is 10. The lowest BCUT2D eigenvalue weighted by Crippen LogP contribution is -2.23. The Labute approximate surface area is 214 Å². The van der Waals surface area contributed by atoms with Crippen LogP contribution < -0.4 is 9.47 Å². The van der Waals surface area contributed by atoms with Crippen LogP contribution in [0.4, 0.5) is 11.4 Å². The molecule has 0 aliphatic heterocycles. The van der Waals surface area contributed by atoms with Gasteiger partial charge < -0.3 is 9.47 Å². The Kier molecular flexibility index (Phi) is 7.48. The molecular weight excluding hydrogens is 472 g/mol. The molecule has 8 nitrogen and oxygen atoms in total. The highest BCUT2D eigenvalue weighted by Crippen LogP contribution is 2.38. The van der Waals surface area contributed by atoms with Crippen LogP contribution in [0, 0.1) is 20.2 Å². The van der Waals surface area contributed by atoms with Crippen LogP contribution in [0.1, 0.15) is 37.8 Å². The minimum Gasteiger partial charge on any atom is -0.457 e. The standard InChI is InChI=1S/C29H26N2O6/c1-3-20-29(2,21-4-12-25(13-5-21)36-27-16-8-23(9-17-27)30(32)33)22-6-14-26(15-7-22)37-28-18-10-24(11-19-28)31(34)35/h4-19H,3,20H2,1-2H3. The summed E-state index contributed by atoms with van der Waals surface area (Å²) in [6.07, 6.45) is 1.91. The average Bonchev–Trinajstić information content (AvgIpc) is 2.90. The van der Waals surface area contributed by atoms with Gasteiger partial charge in [-0.05, 0) is 66.1 Å². The van der Waals surface area contributed by atoms with Crippen LogP contribution in [-0.2, 0) is 5.41 Å². The van der Waals surface area contributed by atoms with Gasteiger partial charge in [-0.25, -0.2) is 0 Å². The van der Waals surface area contributed by atoms with E-state index in [1.165, 1.54) is 24.3 Å². The van der Waals surface area contributed by atoms with Gasteiger partial charge in [-0.3, -0.25) is 20.2 Å². The lowest BCUT2D eigenvalue weighted by Gasteiger charge is -2.31. The Hall–Kier alpha value is -4.72. The number of nitro benzene ring substituents is 2. The Morgan fingerprint density at radius 1 is 0.595 bits per heavy atom. The van der Waals surface area contributed by atoms with E-state index in [1.54, 1.807) is 24.3 Å². The van der Waals surface area contributed by atoms with Crippen LogP contribution in [0.3, 0.4) is 0 Å². The summed E-state index contributed by atoms with van der Waals surface area (Å²) in [4.78, 5) is 20.8. The molecule has 0 amide bonds. The molecule has 0 saturated carbocycles. The summed E-state index contributed by atoms with van der Waals surface area (Å²) in [5, 5.41) is 21.7. The first kappa shape index (κ1) is 25.4. The molecule has 0 heterocycles. The molecule has 0 fully saturated rings. The van der Waals surface area contributed by atoms with Crippen molar-refractivity contribution in [2.24, 2.45) is 0 Å². The molecule has 0 N–H and O–H groups in total. The first-order valence-electron chi connectivity index (χ1n) is 11.8. The van der Waals surface area contributed by atoms with Gasteiger partial charge in [0.05, 0.1) is 9.85 Å². The van der Waals surface area contributed by atoms with Gasteiger partial charge in [0.2, 0.25) is 0 Å². The molecule has 0 bridgehead atoms. The first-order valence-corrected chi connectivity index (χ1v) is 11.8. The zero-order valence-electron chi connectivity index (χ0n) is 20.5. The van der Waals surface area contributed by atoms with E-state index < -0.39 is 9.85 Å². The lowest BCUT2D eigenvalue weighted by molar-refractivity contribution is -0.385. The quantitative estimate of drug-likeness (QED) is 0.161. The van der Waals surface area contributed by atoms with Crippen molar-refractivity contribution in [3.63, 3.8) is 0 Å². The Morgan fingerprint density at radius 3 is 1.16 bits per heavy atom.